The number of methoxy groups -OCH3 is 1. The molecule has 1 aliphatic rings. The van der Waals surface area contributed by atoms with Crippen LogP contribution in [0.3, 0.4) is 0 Å². The number of carbonyl (C=O) groups is 1. The number of rotatable bonds is 5. The summed E-state index contributed by atoms with van der Waals surface area (Å²) < 4.78 is 5.64. The SMILES string of the molecule is CN=C(NCCNC(=O)C(C)(C)C)NC1CC(C)(OC)C1(C)C.I. The average Bonchev–Trinajstić information content (AvgIpc) is 2.47. The minimum Gasteiger partial charge on any atom is -0.378 e. The molecular weight excluding hydrogens is 419 g/mol. The second kappa shape index (κ2) is 8.69. The van der Waals surface area contributed by atoms with E-state index in [0.29, 0.717) is 19.1 Å². The molecule has 1 amide bonds. The zero-order chi connectivity index (χ0) is 17.9. The van der Waals surface area contributed by atoms with Crippen molar-refractivity contribution in [3.63, 3.8) is 0 Å². The quantitative estimate of drug-likeness (QED) is 0.258. The van der Waals surface area contributed by atoms with Crippen molar-refractivity contribution in [3.8, 4) is 0 Å². The Hall–Kier alpha value is -0.570. The molecule has 0 aromatic rings. The largest absolute Gasteiger partial charge is 0.378 e. The number of nitrogens with one attached hydrogen (secondary N) is 3. The molecule has 1 fully saturated rings. The fourth-order valence-corrected chi connectivity index (χ4v) is 2.70. The van der Waals surface area contributed by atoms with Crippen molar-refractivity contribution in [2.45, 2.75) is 59.6 Å². The van der Waals surface area contributed by atoms with E-state index in [1.165, 1.54) is 0 Å². The van der Waals surface area contributed by atoms with Crippen LogP contribution < -0.4 is 16.0 Å². The molecule has 0 bridgehead atoms. The van der Waals surface area contributed by atoms with E-state index in [1.54, 1.807) is 14.2 Å². The molecule has 7 heteroatoms. The number of halogens is 1. The highest BCUT2D eigenvalue weighted by atomic mass is 127. The van der Waals surface area contributed by atoms with Crippen molar-refractivity contribution in [2.24, 2.45) is 15.8 Å². The van der Waals surface area contributed by atoms with E-state index >= 15 is 0 Å². The van der Waals surface area contributed by atoms with Crippen molar-refractivity contribution in [3.05, 3.63) is 0 Å². The number of amides is 1. The van der Waals surface area contributed by atoms with Gasteiger partial charge in [0.25, 0.3) is 0 Å². The summed E-state index contributed by atoms with van der Waals surface area (Å²) in [4.78, 5) is 16.1. The van der Waals surface area contributed by atoms with Gasteiger partial charge < -0.3 is 20.7 Å². The van der Waals surface area contributed by atoms with E-state index in [0.717, 1.165) is 12.4 Å². The predicted octanol–water partition coefficient (Wildman–Crippen LogP) is 2.14. The first-order valence-electron chi connectivity index (χ1n) is 8.28. The fraction of sp³-hybridized carbons (Fsp3) is 0.882. The molecule has 0 aromatic heterocycles. The van der Waals surface area contributed by atoms with E-state index in [4.69, 9.17) is 4.74 Å². The van der Waals surface area contributed by atoms with Gasteiger partial charge in [-0.3, -0.25) is 9.79 Å². The van der Waals surface area contributed by atoms with Gasteiger partial charge >= 0.3 is 0 Å². The van der Waals surface area contributed by atoms with Crippen LogP contribution in [0.5, 0.6) is 0 Å². The molecule has 0 aromatic carbocycles. The van der Waals surface area contributed by atoms with Gasteiger partial charge in [-0.25, -0.2) is 0 Å². The summed E-state index contributed by atoms with van der Waals surface area (Å²) in [5, 5.41) is 9.61. The second-order valence-corrected chi connectivity index (χ2v) is 8.06. The highest BCUT2D eigenvalue weighted by molar-refractivity contribution is 14.0. The van der Waals surface area contributed by atoms with Crippen molar-refractivity contribution in [1.29, 1.82) is 0 Å². The smallest absolute Gasteiger partial charge is 0.225 e. The fourth-order valence-electron chi connectivity index (χ4n) is 2.70. The molecule has 142 valence electrons. The van der Waals surface area contributed by atoms with Crippen LogP contribution >= 0.6 is 24.0 Å². The van der Waals surface area contributed by atoms with Gasteiger partial charge in [0.2, 0.25) is 5.91 Å². The number of ether oxygens (including phenoxy) is 1. The Labute approximate surface area is 164 Å². The molecule has 3 N–H and O–H groups in total. The normalized spacial score (nSPS) is 26.0. The molecule has 0 radical (unpaired) electrons. The van der Waals surface area contributed by atoms with Gasteiger partial charge in [0, 0.05) is 44.1 Å². The Balaban J connectivity index is 0.00000529. The molecule has 1 saturated carbocycles. The van der Waals surface area contributed by atoms with Crippen LogP contribution in [0, 0.1) is 10.8 Å². The van der Waals surface area contributed by atoms with Crippen LogP contribution in [0.4, 0.5) is 0 Å². The lowest BCUT2D eigenvalue weighted by Gasteiger charge is -2.59. The van der Waals surface area contributed by atoms with Crippen LogP contribution in [-0.2, 0) is 9.53 Å². The zero-order valence-corrected chi connectivity index (χ0v) is 18.7. The van der Waals surface area contributed by atoms with Crippen molar-refractivity contribution < 1.29 is 9.53 Å². The van der Waals surface area contributed by atoms with E-state index in [2.05, 4.69) is 41.7 Å². The number of carbonyl (C=O) groups excluding carboxylic acids is 1. The molecule has 0 heterocycles. The van der Waals surface area contributed by atoms with Gasteiger partial charge in [0.1, 0.15) is 0 Å². The summed E-state index contributed by atoms with van der Waals surface area (Å²) in [7, 11) is 3.52. The van der Waals surface area contributed by atoms with Gasteiger partial charge in [-0.15, -0.1) is 24.0 Å². The lowest BCUT2D eigenvalue weighted by atomic mass is 9.56. The topological polar surface area (TPSA) is 74.8 Å². The van der Waals surface area contributed by atoms with E-state index in [1.807, 2.05) is 20.8 Å². The minimum atomic E-state index is -0.361. The van der Waals surface area contributed by atoms with Gasteiger partial charge in [-0.05, 0) is 13.3 Å². The first-order chi connectivity index (χ1) is 10.5. The van der Waals surface area contributed by atoms with E-state index in [-0.39, 0.29) is 46.3 Å². The molecule has 1 rings (SSSR count). The van der Waals surface area contributed by atoms with Crippen LogP contribution in [0.25, 0.3) is 0 Å². The average molecular weight is 454 g/mol. The van der Waals surface area contributed by atoms with Crippen LogP contribution in [0.2, 0.25) is 0 Å². The third kappa shape index (κ3) is 5.21. The number of guanidine groups is 1. The monoisotopic (exact) mass is 454 g/mol. The van der Waals surface area contributed by atoms with Crippen molar-refractivity contribution >= 4 is 35.8 Å². The van der Waals surface area contributed by atoms with Crippen LogP contribution in [0.15, 0.2) is 4.99 Å². The minimum absolute atomic E-state index is 0. The highest BCUT2D eigenvalue weighted by Gasteiger charge is 2.58. The maximum Gasteiger partial charge on any atom is 0.225 e. The summed E-state index contributed by atoms with van der Waals surface area (Å²) in [6.07, 6.45) is 0.942. The van der Waals surface area contributed by atoms with E-state index < -0.39 is 0 Å². The lowest BCUT2D eigenvalue weighted by Crippen LogP contribution is -2.69. The third-order valence-electron chi connectivity index (χ3n) is 5.20. The number of hydrogen-bond donors (Lipinski definition) is 3. The Bertz CT molecular complexity index is 460. The number of hydrogen-bond acceptors (Lipinski definition) is 3. The Morgan fingerprint density at radius 2 is 1.75 bits per heavy atom. The first kappa shape index (κ1) is 23.4. The molecule has 24 heavy (non-hydrogen) atoms. The summed E-state index contributed by atoms with van der Waals surface area (Å²) in [5.41, 5.74) is -0.440. The lowest BCUT2D eigenvalue weighted by molar-refractivity contribution is -0.176. The molecule has 0 saturated heterocycles. The summed E-state index contributed by atoms with van der Waals surface area (Å²) in [6.45, 7) is 13.5. The molecule has 0 spiro atoms. The number of aliphatic imine (C=N–C) groups is 1. The van der Waals surface area contributed by atoms with Crippen LogP contribution in [-0.4, -0.2) is 50.8 Å². The van der Waals surface area contributed by atoms with Crippen molar-refractivity contribution in [2.75, 3.05) is 27.2 Å². The molecule has 1 aliphatic carbocycles. The van der Waals surface area contributed by atoms with Gasteiger partial charge in [0.15, 0.2) is 5.96 Å². The summed E-state index contributed by atoms with van der Waals surface area (Å²) >= 11 is 0. The Morgan fingerprint density at radius 3 is 2.17 bits per heavy atom. The standard InChI is InChI=1S/C17H34N4O2.HI/c1-15(2,3)13(22)19-9-10-20-14(18-7)21-12-11-17(6,23-8)16(12,4)5;/h12H,9-11H2,1-8H3,(H,19,22)(H2,18,20,21);1H. The van der Waals surface area contributed by atoms with Crippen molar-refractivity contribution in [1.82, 2.24) is 16.0 Å². The molecule has 6 nitrogen and oxygen atoms in total. The summed E-state index contributed by atoms with van der Waals surface area (Å²) in [5.74, 6) is 0.810. The maximum absolute atomic E-state index is 11.8. The van der Waals surface area contributed by atoms with Crippen LogP contribution in [0.1, 0.15) is 48.0 Å². The maximum atomic E-state index is 11.8. The van der Waals surface area contributed by atoms with Gasteiger partial charge in [0.05, 0.1) is 5.60 Å². The van der Waals surface area contributed by atoms with Gasteiger partial charge in [-0.1, -0.05) is 34.6 Å². The number of nitrogens with zero attached hydrogens (tertiary/aromatic N) is 1. The Morgan fingerprint density at radius 1 is 1.21 bits per heavy atom. The van der Waals surface area contributed by atoms with Gasteiger partial charge in [-0.2, -0.15) is 0 Å². The molecule has 2 atom stereocenters. The van der Waals surface area contributed by atoms with E-state index in [9.17, 15) is 4.79 Å². The third-order valence-corrected chi connectivity index (χ3v) is 5.20. The predicted molar refractivity (Wildman–Crippen MR) is 110 cm³/mol. The molecule has 0 aliphatic heterocycles. The second-order valence-electron chi connectivity index (χ2n) is 8.06. The Kier molecular flexibility index (Phi) is 8.48. The summed E-state index contributed by atoms with van der Waals surface area (Å²) in [6, 6.07) is 0.308. The first-order valence-corrected chi connectivity index (χ1v) is 8.28. The highest BCUT2D eigenvalue weighted by Crippen LogP contribution is 2.51. The molecular formula is C17H35IN4O2. The zero-order valence-electron chi connectivity index (χ0n) is 16.4. The molecule has 2 unspecified atom stereocenters.